The molecule has 234 valence electrons. The van der Waals surface area contributed by atoms with Gasteiger partial charge in [-0.05, 0) is 49.1 Å². The van der Waals surface area contributed by atoms with E-state index in [0.717, 1.165) is 16.2 Å². The highest BCUT2D eigenvalue weighted by molar-refractivity contribution is 6.42. The van der Waals surface area contributed by atoms with E-state index in [-0.39, 0.29) is 35.2 Å². The number of carbonyl (C=O) groups excluding carboxylic acids is 3. The molecule has 1 aromatic heterocycles. The van der Waals surface area contributed by atoms with Crippen molar-refractivity contribution in [3.05, 3.63) is 81.9 Å². The summed E-state index contributed by atoms with van der Waals surface area (Å²) in [4.78, 5) is 48.5. The van der Waals surface area contributed by atoms with Crippen LogP contribution in [-0.4, -0.2) is 81.2 Å². The standard InChI is InChI=1S/C31H32Cl2F3N5O3/c1-19(42)39-13-9-20(10-14-39)29(43)40-15-11-26(22(18-40)21-7-8-24(32)25(33)17-21)38(2)30(44)28-37-12-16-41(28)27-6-4-3-5-23(27)31(34,35)36/h3-8,12,16-17,20,22,26H,9-11,13-15,18H2,1-2H3/t22-,26+/m0/s1. The average Bonchev–Trinajstić information content (AvgIpc) is 3.50. The topological polar surface area (TPSA) is 78.8 Å². The molecule has 3 amide bonds. The molecule has 2 aliphatic heterocycles. The van der Waals surface area contributed by atoms with Gasteiger partial charge in [0.1, 0.15) is 0 Å². The number of likely N-dealkylation sites (tertiary alicyclic amines) is 2. The summed E-state index contributed by atoms with van der Waals surface area (Å²) in [6.45, 7) is 3.27. The zero-order valence-electron chi connectivity index (χ0n) is 24.2. The van der Waals surface area contributed by atoms with Crippen LogP contribution in [0.4, 0.5) is 13.2 Å². The molecule has 0 unspecified atom stereocenters. The third-order valence-electron chi connectivity index (χ3n) is 8.67. The molecule has 2 saturated heterocycles. The second-order valence-corrected chi connectivity index (χ2v) is 12.1. The molecular weight excluding hydrogens is 618 g/mol. The van der Waals surface area contributed by atoms with Crippen molar-refractivity contribution in [3.63, 3.8) is 0 Å². The Kier molecular flexibility index (Phi) is 9.27. The molecule has 13 heteroatoms. The van der Waals surface area contributed by atoms with E-state index in [1.54, 1.807) is 29.0 Å². The number of imidazole rings is 1. The van der Waals surface area contributed by atoms with Gasteiger partial charge in [0.2, 0.25) is 17.6 Å². The van der Waals surface area contributed by atoms with E-state index in [1.807, 2.05) is 6.07 Å². The van der Waals surface area contributed by atoms with Crippen LogP contribution in [-0.2, 0) is 15.8 Å². The van der Waals surface area contributed by atoms with Crippen molar-refractivity contribution < 1.29 is 27.6 Å². The lowest BCUT2D eigenvalue weighted by Crippen LogP contribution is -2.54. The molecule has 3 aromatic rings. The number of likely N-dealkylation sites (N-methyl/N-ethyl adjacent to an activating group) is 1. The van der Waals surface area contributed by atoms with Gasteiger partial charge in [-0.25, -0.2) is 4.98 Å². The van der Waals surface area contributed by atoms with Gasteiger partial charge >= 0.3 is 6.18 Å². The van der Waals surface area contributed by atoms with Gasteiger partial charge in [-0.1, -0.05) is 41.4 Å². The van der Waals surface area contributed by atoms with Crippen LogP contribution in [0.5, 0.6) is 0 Å². The van der Waals surface area contributed by atoms with Crippen LogP contribution >= 0.6 is 23.2 Å². The number of hydrogen-bond donors (Lipinski definition) is 0. The highest BCUT2D eigenvalue weighted by atomic mass is 35.5. The molecule has 2 aromatic carbocycles. The summed E-state index contributed by atoms with van der Waals surface area (Å²) < 4.78 is 42.6. The van der Waals surface area contributed by atoms with Crippen LogP contribution < -0.4 is 0 Å². The van der Waals surface area contributed by atoms with Crippen LogP contribution in [0.25, 0.3) is 5.69 Å². The summed E-state index contributed by atoms with van der Waals surface area (Å²) in [6.07, 6.45) is -0.421. The minimum absolute atomic E-state index is 0.00462. The molecular formula is C31H32Cl2F3N5O3. The Bertz CT molecular complexity index is 1550. The normalized spacial score (nSPS) is 19.6. The Balaban J connectivity index is 1.42. The van der Waals surface area contributed by atoms with Gasteiger partial charge in [-0.2, -0.15) is 13.2 Å². The van der Waals surface area contributed by atoms with Crippen molar-refractivity contribution in [3.8, 4) is 5.69 Å². The summed E-state index contributed by atoms with van der Waals surface area (Å²) >= 11 is 12.6. The van der Waals surface area contributed by atoms with Crippen LogP contribution in [0.15, 0.2) is 54.9 Å². The van der Waals surface area contributed by atoms with Crippen molar-refractivity contribution in [1.82, 2.24) is 24.3 Å². The summed E-state index contributed by atoms with van der Waals surface area (Å²) in [5, 5.41) is 0.693. The Morgan fingerprint density at radius 1 is 0.955 bits per heavy atom. The Morgan fingerprint density at radius 3 is 2.30 bits per heavy atom. The van der Waals surface area contributed by atoms with Crippen LogP contribution in [0, 0.1) is 5.92 Å². The van der Waals surface area contributed by atoms with Gasteiger partial charge in [0.25, 0.3) is 5.91 Å². The zero-order chi connectivity index (χ0) is 31.8. The lowest BCUT2D eigenvalue weighted by atomic mass is 9.84. The minimum atomic E-state index is -4.63. The lowest BCUT2D eigenvalue weighted by Gasteiger charge is -2.44. The van der Waals surface area contributed by atoms with E-state index in [1.165, 1.54) is 42.4 Å². The molecule has 44 heavy (non-hydrogen) atoms. The first-order valence-electron chi connectivity index (χ1n) is 14.3. The fraction of sp³-hybridized carbons (Fsp3) is 0.419. The monoisotopic (exact) mass is 649 g/mol. The molecule has 8 nitrogen and oxygen atoms in total. The molecule has 2 atom stereocenters. The second-order valence-electron chi connectivity index (χ2n) is 11.3. The van der Waals surface area contributed by atoms with Gasteiger partial charge in [0.15, 0.2) is 0 Å². The molecule has 0 bridgehead atoms. The first kappa shape index (κ1) is 31.8. The number of halogens is 5. The van der Waals surface area contributed by atoms with E-state index in [4.69, 9.17) is 23.2 Å². The van der Waals surface area contributed by atoms with Crippen molar-refractivity contribution in [1.29, 1.82) is 0 Å². The van der Waals surface area contributed by atoms with Gasteiger partial charge in [-0.15, -0.1) is 0 Å². The smallest absolute Gasteiger partial charge is 0.343 e. The third-order valence-corrected chi connectivity index (χ3v) is 9.41. The first-order chi connectivity index (χ1) is 20.9. The number of piperidine rings is 2. The van der Waals surface area contributed by atoms with Gasteiger partial charge in [0.05, 0.1) is 21.3 Å². The highest BCUT2D eigenvalue weighted by Gasteiger charge is 2.40. The second kappa shape index (κ2) is 12.8. The maximum absolute atomic E-state index is 13.9. The molecule has 2 aliphatic rings. The largest absolute Gasteiger partial charge is 0.418 e. The predicted octanol–water partition coefficient (Wildman–Crippen LogP) is 5.91. The maximum Gasteiger partial charge on any atom is 0.418 e. The summed E-state index contributed by atoms with van der Waals surface area (Å²) in [7, 11) is 1.60. The Morgan fingerprint density at radius 2 is 1.64 bits per heavy atom. The fourth-order valence-electron chi connectivity index (χ4n) is 6.26. The molecule has 0 aliphatic carbocycles. The number of benzene rings is 2. The Labute approximate surface area is 263 Å². The lowest BCUT2D eigenvalue weighted by molar-refractivity contribution is -0.141. The van der Waals surface area contributed by atoms with E-state index in [9.17, 15) is 27.6 Å². The zero-order valence-corrected chi connectivity index (χ0v) is 25.7. The van der Waals surface area contributed by atoms with Gasteiger partial charge < -0.3 is 14.7 Å². The van der Waals surface area contributed by atoms with E-state index in [0.29, 0.717) is 55.5 Å². The SMILES string of the molecule is CC(=O)N1CCC(C(=O)N2CC[C@@H](N(C)C(=O)c3nccn3-c3ccccc3C(F)(F)F)[C@H](c3ccc(Cl)c(Cl)c3)C2)CC1. The quantitative estimate of drug-likeness (QED) is 0.344. The number of rotatable bonds is 5. The van der Waals surface area contributed by atoms with E-state index < -0.39 is 23.7 Å². The number of alkyl halides is 3. The van der Waals surface area contributed by atoms with Crippen LogP contribution in [0.3, 0.4) is 0 Å². The first-order valence-corrected chi connectivity index (χ1v) is 15.1. The fourth-order valence-corrected chi connectivity index (χ4v) is 6.57. The number of amides is 3. The summed E-state index contributed by atoms with van der Waals surface area (Å²) in [5.74, 6) is -1.29. The van der Waals surface area contributed by atoms with E-state index in [2.05, 4.69) is 4.98 Å². The number of carbonyl (C=O) groups is 3. The molecule has 0 spiro atoms. The van der Waals surface area contributed by atoms with Crippen molar-refractivity contribution in [2.45, 2.75) is 44.3 Å². The third kappa shape index (κ3) is 6.44. The highest BCUT2D eigenvalue weighted by Crippen LogP contribution is 2.37. The van der Waals surface area contributed by atoms with Gasteiger partial charge in [0, 0.05) is 70.4 Å². The molecule has 2 fully saturated rings. The summed E-state index contributed by atoms with van der Waals surface area (Å²) in [6, 6.07) is 9.79. The molecule has 0 N–H and O–H groups in total. The van der Waals surface area contributed by atoms with Crippen LogP contribution in [0.1, 0.15) is 53.8 Å². The number of aromatic nitrogens is 2. The van der Waals surface area contributed by atoms with Crippen LogP contribution in [0.2, 0.25) is 10.0 Å². The maximum atomic E-state index is 13.9. The number of para-hydroxylation sites is 1. The number of nitrogens with zero attached hydrogens (tertiary/aromatic N) is 5. The predicted molar refractivity (Wildman–Crippen MR) is 160 cm³/mol. The van der Waals surface area contributed by atoms with Crippen molar-refractivity contribution >= 4 is 40.9 Å². The Hall–Kier alpha value is -3.57. The van der Waals surface area contributed by atoms with E-state index >= 15 is 0 Å². The number of hydrogen-bond acceptors (Lipinski definition) is 4. The molecule has 0 radical (unpaired) electrons. The molecule has 5 rings (SSSR count). The van der Waals surface area contributed by atoms with Crippen molar-refractivity contribution in [2.24, 2.45) is 5.92 Å². The molecule has 3 heterocycles. The van der Waals surface area contributed by atoms with Gasteiger partial charge in [-0.3, -0.25) is 19.0 Å². The average molecular weight is 651 g/mol. The molecule has 0 saturated carbocycles. The minimum Gasteiger partial charge on any atom is -0.343 e. The van der Waals surface area contributed by atoms with Crippen molar-refractivity contribution in [2.75, 3.05) is 33.2 Å². The summed E-state index contributed by atoms with van der Waals surface area (Å²) in [5.41, 5.74) is -0.311.